The van der Waals surface area contributed by atoms with Crippen LogP contribution in [-0.4, -0.2) is 52.8 Å². The van der Waals surface area contributed by atoms with E-state index in [0.717, 1.165) is 5.56 Å². The first kappa shape index (κ1) is 17.2. The monoisotopic (exact) mass is 355 g/mol. The average Bonchev–Trinajstić information content (AvgIpc) is 2.67. The first-order valence-corrected chi connectivity index (χ1v) is 8.43. The number of pyridine rings is 1. The van der Waals surface area contributed by atoms with Gasteiger partial charge in [-0.1, -0.05) is 23.7 Å². The molecule has 3 rings (SSSR count). The van der Waals surface area contributed by atoms with E-state index in [4.69, 9.17) is 11.6 Å². The summed E-state index contributed by atoms with van der Waals surface area (Å²) in [5.41, 5.74) is 1.49. The van der Waals surface area contributed by atoms with Gasteiger partial charge in [-0.25, -0.2) is 0 Å². The number of hydrogen-bond acceptors (Lipinski definition) is 3. The minimum absolute atomic E-state index is 0.0445. The Balaban J connectivity index is 1.54. The maximum Gasteiger partial charge on any atom is 0.255 e. The Hall–Kier alpha value is -2.66. The lowest BCUT2D eigenvalue weighted by molar-refractivity contribution is -0.127. The topological polar surface area (TPSA) is 53.5 Å². The van der Waals surface area contributed by atoms with Crippen molar-refractivity contribution in [3.63, 3.8) is 0 Å². The van der Waals surface area contributed by atoms with Crippen LogP contribution in [0.5, 0.6) is 0 Å². The highest BCUT2D eigenvalue weighted by atomic mass is 35.5. The standard InChI is InChI=1S/C19H18ClN3O2/c20-17-6-3-15(4-7-17)5-8-18(24)22-10-12-23(13-11-22)19(25)16-2-1-9-21-14-16/h1-9,14H,10-13H2/b8-5+. The highest BCUT2D eigenvalue weighted by molar-refractivity contribution is 6.30. The second kappa shape index (κ2) is 7.94. The molecular weight excluding hydrogens is 338 g/mol. The van der Waals surface area contributed by atoms with Crippen LogP contribution < -0.4 is 0 Å². The molecule has 6 heteroatoms. The zero-order valence-electron chi connectivity index (χ0n) is 13.6. The quantitative estimate of drug-likeness (QED) is 0.795. The Morgan fingerprint density at radius 3 is 2.32 bits per heavy atom. The van der Waals surface area contributed by atoms with Crippen LogP contribution in [-0.2, 0) is 4.79 Å². The molecule has 0 spiro atoms. The molecule has 1 aromatic heterocycles. The van der Waals surface area contributed by atoms with Crippen molar-refractivity contribution in [1.29, 1.82) is 0 Å². The lowest BCUT2D eigenvalue weighted by atomic mass is 10.2. The van der Waals surface area contributed by atoms with E-state index in [1.165, 1.54) is 0 Å². The van der Waals surface area contributed by atoms with Crippen molar-refractivity contribution < 1.29 is 9.59 Å². The summed E-state index contributed by atoms with van der Waals surface area (Å²) in [7, 11) is 0. The fraction of sp³-hybridized carbons (Fsp3) is 0.211. The van der Waals surface area contributed by atoms with E-state index in [0.29, 0.717) is 36.8 Å². The Morgan fingerprint density at radius 2 is 1.68 bits per heavy atom. The van der Waals surface area contributed by atoms with Crippen LogP contribution in [0.25, 0.3) is 6.08 Å². The number of amides is 2. The molecule has 1 fully saturated rings. The number of nitrogens with zero attached hydrogens (tertiary/aromatic N) is 3. The molecule has 0 aliphatic carbocycles. The van der Waals surface area contributed by atoms with Gasteiger partial charge in [-0.3, -0.25) is 14.6 Å². The van der Waals surface area contributed by atoms with Gasteiger partial charge in [0, 0.05) is 49.7 Å². The number of aromatic nitrogens is 1. The lowest BCUT2D eigenvalue weighted by Crippen LogP contribution is -2.50. The number of halogens is 1. The summed E-state index contributed by atoms with van der Waals surface area (Å²) in [5.74, 6) is -0.0969. The molecule has 2 aromatic rings. The van der Waals surface area contributed by atoms with Gasteiger partial charge in [-0.2, -0.15) is 0 Å². The average molecular weight is 356 g/mol. The molecule has 25 heavy (non-hydrogen) atoms. The highest BCUT2D eigenvalue weighted by Crippen LogP contribution is 2.12. The predicted octanol–water partition coefficient (Wildman–Crippen LogP) is 2.73. The largest absolute Gasteiger partial charge is 0.336 e. The van der Waals surface area contributed by atoms with Crippen molar-refractivity contribution in [2.75, 3.05) is 26.2 Å². The third kappa shape index (κ3) is 4.45. The van der Waals surface area contributed by atoms with E-state index < -0.39 is 0 Å². The summed E-state index contributed by atoms with van der Waals surface area (Å²) >= 11 is 5.84. The molecule has 0 unspecified atom stereocenters. The Kier molecular flexibility index (Phi) is 5.46. The summed E-state index contributed by atoms with van der Waals surface area (Å²) in [6.45, 7) is 2.09. The summed E-state index contributed by atoms with van der Waals surface area (Å²) in [6, 6.07) is 10.8. The molecule has 0 bridgehead atoms. The Morgan fingerprint density at radius 1 is 1.00 bits per heavy atom. The summed E-state index contributed by atoms with van der Waals surface area (Å²) in [4.78, 5) is 32.1. The van der Waals surface area contributed by atoms with Gasteiger partial charge < -0.3 is 9.80 Å². The van der Waals surface area contributed by atoms with Gasteiger partial charge in [-0.15, -0.1) is 0 Å². The molecule has 5 nitrogen and oxygen atoms in total. The Labute approximate surface area is 151 Å². The van der Waals surface area contributed by atoms with Crippen molar-refractivity contribution in [2.24, 2.45) is 0 Å². The molecular formula is C19H18ClN3O2. The number of rotatable bonds is 3. The molecule has 1 aliphatic rings. The fourth-order valence-corrected chi connectivity index (χ4v) is 2.77. The zero-order chi connectivity index (χ0) is 17.6. The van der Waals surface area contributed by atoms with E-state index in [2.05, 4.69) is 4.98 Å². The van der Waals surface area contributed by atoms with Crippen molar-refractivity contribution in [3.05, 3.63) is 71.0 Å². The maximum atomic E-state index is 12.4. The number of carbonyl (C=O) groups excluding carboxylic acids is 2. The van der Waals surface area contributed by atoms with E-state index in [-0.39, 0.29) is 11.8 Å². The second-order valence-corrected chi connectivity index (χ2v) is 6.18. The molecule has 1 aromatic carbocycles. The molecule has 0 radical (unpaired) electrons. The maximum absolute atomic E-state index is 12.4. The van der Waals surface area contributed by atoms with E-state index in [1.807, 2.05) is 12.1 Å². The highest BCUT2D eigenvalue weighted by Gasteiger charge is 2.23. The summed E-state index contributed by atoms with van der Waals surface area (Å²) in [5, 5.41) is 0.665. The summed E-state index contributed by atoms with van der Waals surface area (Å²) < 4.78 is 0. The SMILES string of the molecule is O=C(/C=C/c1ccc(Cl)cc1)N1CCN(C(=O)c2cccnc2)CC1. The molecule has 0 saturated carbocycles. The van der Waals surface area contributed by atoms with Crippen LogP contribution in [0.4, 0.5) is 0 Å². The molecule has 2 amide bonds. The van der Waals surface area contributed by atoms with Gasteiger partial charge in [-0.05, 0) is 35.9 Å². The van der Waals surface area contributed by atoms with E-state index in [1.54, 1.807) is 58.6 Å². The first-order valence-electron chi connectivity index (χ1n) is 8.05. The van der Waals surface area contributed by atoms with Gasteiger partial charge in [0.05, 0.1) is 5.56 Å². The van der Waals surface area contributed by atoms with E-state index in [9.17, 15) is 9.59 Å². The number of piperazine rings is 1. The third-order valence-electron chi connectivity index (χ3n) is 4.08. The van der Waals surface area contributed by atoms with Crippen molar-refractivity contribution in [3.8, 4) is 0 Å². The first-order chi connectivity index (χ1) is 12.1. The lowest BCUT2D eigenvalue weighted by Gasteiger charge is -2.34. The molecule has 2 heterocycles. The van der Waals surface area contributed by atoms with Gasteiger partial charge >= 0.3 is 0 Å². The zero-order valence-corrected chi connectivity index (χ0v) is 14.4. The predicted molar refractivity (Wildman–Crippen MR) is 97.2 cm³/mol. The van der Waals surface area contributed by atoms with Crippen molar-refractivity contribution >= 4 is 29.5 Å². The number of carbonyl (C=O) groups is 2. The van der Waals surface area contributed by atoms with Crippen LogP contribution in [0.2, 0.25) is 5.02 Å². The molecule has 128 valence electrons. The van der Waals surface area contributed by atoms with E-state index >= 15 is 0 Å². The third-order valence-corrected chi connectivity index (χ3v) is 4.33. The van der Waals surface area contributed by atoms with Gasteiger partial charge in [0.2, 0.25) is 5.91 Å². The van der Waals surface area contributed by atoms with Crippen LogP contribution in [0.1, 0.15) is 15.9 Å². The Bertz CT molecular complexity index is 767. The minimum atomic E-state index is -0.0524. The second-order valence-electron chi connectivity index (χ2n) is 5.74. The number of benzene rings is 1. The smallest absolute Gasteiger partial charge is 0.255 e. The number of hydrogen-bond donors (Lipinski definition) is 0. The molecule has 0 N–H and O–H groups in total. The van der Waals surface area contributed by atoms with Crippen LogP contribution in [0, 0.1) is 0 Å². The van der Waals surface area contributed by atoms with Crippen molar-refractivity contribution in [1.82, 2.24) is 14.8 Å². The van der Waals surface area contributed by atoms with Gasteiger partial charge in [0.1, 0.15) is 0 Å². The van der Waals surface area contributed by atoms with Crippen molar-refractivity contribution in [2.45, 2.75) is 0 Å². The van der Waals surface area contributed by atoms with Crippen LogP contribution >= 0.6 is 11.6 Å². The van der Waals surface area contributed by atoms with Gasteiger partial charge in [0.25, 0.3) is 5.91 Å². The minimum Gasteiger partial charge on any atom is -0.336 e. The molecule has 1 aliphatic heterocycles. The van der Waals surface area contributed by atoms with Crippen LogP contribution in [0.3, 0.4) is 0 Å². The molecule has 0 atom stereocenters. The molecule has 1 saturated heterocycles. The summed E-state index contributed by atoms with van der Waals surface area (Å²) in [6.07, 6.45) is 6.53. The normalized spacial score (nSPS) is 14.8. The fourth-order valence-electron chi connectivity index (χ4n) is 2.65. The van der Waals surface area contributed by atoms with Crippen LogP contribution in [0.15, 0.2) is 54.9 Å². The van der Waals surface area contributed by atoms with Gasteiger partial charge in [0.15, 0.2) is 0 Å².